The van der Waals surface area contributed by atoms with Crippen LogP contribution in [0.2, 0.25) is 5.02 Å². The number of esters is 1. The quantitative estimate of drug-likeness (QED) is 0.565. The predicted octanol–water partition coefficient (Wildman–Crippen LogP) is 2.49. The minimum Gasteiger partial charge on any atom is -0.463 e. The van der Waals surface area contributed by atoms with Crippen LogP contribution < -0.4 is 14.9 Å². The number of nitrogens with zero attached hydrogens (tertiary/aromatic N) is 4. The molecule has 7 nitrogen and oxygen atoms in total. The Hall–Kier alpha value is -2.97. The number of benzene rings is 1. The summed E-state index contributed by atoms with van der Waals surface area (Å²) < 4.78 is 9.12. The van der Waals surface area contributed by atoms with Crippen molar-refractivity contribution in [2.24, 2.45) is 12.0 Å². The van der Waals surface area contributed by atoms with Crippen LogP contribution in [0.5, 0.6) is 0 Å². The molecule has 0 fully saturated rings. The highest BCUT2D eigenvalue weighted by atomic mass is 35.5. The van der Waals surface area contributed by atoms with E-state index < -0.39 is 12.0 Å². The monoisotopic (exact) mass is 456 g/mol. The van der Waals surface area contributed by atoms with Crippen LogP contribution in [0.15, 0.2) is 51.5 Å². The van der Waals surface area contributed by atoms with Gasteiger partial charge in [-0.05, 0) is 44.5 Å². The summed E-state index contributed by atoms with van der Waals surface area (Å²) in [5, 5.41) is 4.81. The molecule has 1 aromatic carbocycles. The molecule has 0 aliphatic carbocycles. The van der Waals surface area contributed by atoms with Crippen molar-refractivity contribution in [3.63, 3.8) is 0 Å². The van der Waals surface area contributed by atoms with E-state index in [-0.39, 0.29) is 12.2 Å². The van der Waals surface area contributed by atoms with Crippen molar-refractivity contribution in [3.05, 3.63) is 83.3 Å². The molecule has 0 saturated carbocycles. The molecule has 0 amide bonds. The summed E-state index contributed by atoms with van der Waals surface area (Å²) in [6, 6.07) is 6.46. The molecule has 3 aromatic rings. The smallest absolute Gasteiger partial charge is 0.338 e. The minimum atomic E-state index is -0.648. The standard InChI is InChI=1S/C22H21ClN4O3S/c1-5-30-21(29)18-12(2)25-22-27(19(18)14-6-8-16(23)9-7-14)20(28)17(31-22)10-15-11-24-26(4)13(15)3/h6-11,19H,5H2,1-4H3/b17-10-/t19-/m1/s1. The number of ether oxygens (including phenoxy) is 1. The van der Waals surface area contributed by atoms with E-state index in [0.29, 0.717) is 25.6 Å². The van der Waals surface area contributed by atoms with Gasteiger partial charge in [0.15, 0.2) is 4.80 Å². The molecule has 1 atom stereocenters. The van der Waals surface area contributed by atoms with Crippen LogP contribution in [0, 0.1) is 6.92 Å². The number of halogens is 1. The molecule has 4 rings (SSSR count). The number of aryl methyl sites for hydroxylation is 1. The number of hydrogen-bond acceptors (Lipinski definition) is 6. The molecular formula is C22H21ClN4O3S. The topological polar surface area (TPSA) is 78.5 Å². The number of allylic oxidation sites excluding steroid dienone is 1. The van der Waals surface area contributed by atoms with Crippen molar-refractivity contribution in [1.29, 1.82) is 0 Å². The first-order valence-corrected chi connectivity index (χ1v) is 10.9. The zero-order chi connectivity index (χ0) is 22.3. The molecule has 31 heavy (non-hydrogen) atoms. The lowest BCUT2D eigenvalue weighted by Crippen LogP contribution is -2.39. The molecule has 0 radical (unpaired) electrons. The molecule has 3 heterocycles. The summed E-state index contributed by atoms with van der Waals surface area (Å²) >= 11 is 7.36. The zero-order valence-corrected chi connectivity index (χ0v) is 19.1. The third-order valence-corrected chi connectivity index (χ3v) is 6.50. The normalized spacial score (nSPS) is 16.3. The largest absolute Gasteiger partial charge is 0.463 e. The Kier molecular flexibility index (Phi) is 5.68. The average molecular weight is 457 g/mol. The van der Waals surface area contributed by atoms with Crippen LogP contribution in [-0.2, 0) is 16.6 Å². The SMILES string of the molecule is CCOC(=O)C1=C(C)N=c2s/c(=C\c3cnn(C)c3C)c(=O)n2[C@@H]1c1ccc(Cl)cc1. The van der Waals surface area contributed by atoms with Crippen LogP contribution in [0.25, 0.3) is 6.08 Å². The van der Waals surface area contributed by atoms with Gasteiger partial charge >= 0.3 is 5.97 Å². The molecule has 0 N–H and O–H groups in total. The van der Waals surface area contributed by atoms with E-state index in [1.54, 1.807) is 41.4 Å². The van der Waals surface area contributed by atoms with Gasteiger partial charge in [-0.3, -0.25) is 14.0 Å². The Morgan fingerprint density at radius 2 is 2.00 bits per heavy atom. The number of fused-ring (bicyclic) bond motifs is 1. The van der Waals surface area contributed by atoms with Gasteiger partial charge in [-0.2, -0.15) is 5.10 Å². The number of carbonyl (C=O) groups excluding carboxylic acids is 1. The van der Waals surface area contributed by atoms with Gasteiger partial charge in [-0.25, -0.2) is 9.79 Å². The van der Waals surface area contributed by atoms with E-state index in [4.69, 9.17) is 16.3 Å². The lowest BCUT2D eigenvalue weighted by molar-refractivity contribution is -0.139. The molecule has 0 bridgehead atoms. The Bertz CT molecular complexity index is 1380. The van der Waals surface area contributed by atoms with Gasteiger partial charge in [0.1, 0.15) is 0 Å². The Morgan fingerprint density at radius 3 is 2.61 bits per heavy atom. The molecule has 1 aliphatic heterocycles. The van der Waals surface area contributed by atoms with Crippen LogP contribution in [0.1, 0.15) is 36.7 Å². The summed E-state index contributed by atoms with van der Waals surface area (Å²) in [6.45, 7) is 5.68. The molecular weight excluding hydrogens is 436 g/mol. The van der Waals surface area contributed by atoms with Crippen molar-refractivity contribution < 1.29 is 9.53 Å². The second-order valence-corrected chi connectivity index (χ2v) is 8.61. The fraction of sp³-hybridized carbons (Fsp3) is 0.273. The summed E-state index contributed by atoms with van der Waals surface area (Å²) in [7, 11) is 1.85. The fourth-order valence-corrected chi connectivity index (χ4v) is 4.71. The molecule has 1 aliphatic rings. The summed E-state index contributed by atoms with van der Waals surface area (Å²) in [5.74, 6) is -0.485. The van der Waals surface area contributed by atoms with E-state index in [0.717, 1.165) is 16.8 Å². The van der Waals surface area contributed by atoms with Crippen molar-refractivity contribution >= 4 is 35.0 Å². The highest BCUT2D eigenvalue weighted by Crippen LogP contribution is 2.31. The van der Waals surface area contributed by atoms with E-state index in [9.17, 15) is 9.59 Å². The van der Waals surface area contributed by atoms with Crippen LogP contribution in [0.4, 0.5) is 0 Å². The number of thiazole rings is 1. The van der Waals surface area contributed by atoms with E-state index in [1.807, 2.05) is 32.2 Å². The maximum Gasteiger partial charge on any atom is 0.338 e. The third kappa shape index (κ3) is 3.77. The van der Waals surface area contributed by atoms with Crippen molar-refractivity contribution in [1.82, 2.24) is 14.3 Å². The second kappa shape index (κ2) is 8.28. The molecule has 0 saturated heterocycles. The lowest BCUT2D eigenvalue weighted by Gasteiger charge is -2.24. The molecule has 0 unspecified atom stereocenters. The van der Waals surface area contributed by atoms with Gasteiger partial charge in [0.05, 0.1) is 34.6 Å². The van der Waals surface area contributed by atoms with Crippen LogP contribution in [-0.4, -0.2) is 26.9 Å². The van der Waals surface area contributed by atoms with Crippen molar-refractivity contribution in [2.45, 2.75) is 26.8 Å². The van der Waals surface area contributed by atoms with E-state index in [1.165, 1.54) is 11.3 Å². The summed E-state index contributed by atoms with van der Waals surface area (Å²) in [4.78, 5) is 31.4. The number of carbonyl (C=O) groups is 1. The molecule has 2 aromatic heterocycles. The Morgan fingerprint density at radius 1 is 1.29 bits per heavy atom. The number of rotatable bonds is 4. The second-order valence-electron chi connectivity index (χ2n) is 7.16. The average Bonchev–Trinajstić information content (AvgIpc) is 3.21. The van der Waals surface area contributed by atoms with Gasteiger partial charge in [0.25, 0.3) is 5.56 Å². The first kappa shape index (κ1) is 21.3. The molecule has 0 spiro atoms. The zero-order valence-electron chi connectivity index (χ0n) is 17.5. The van der Waals surface area contributed by atoms with Crippen LogP contribution >= 0.6 is 22.9 Å². The van der Waals surface area contributed by atoms with Crippen molar-refractivity contribution in [2.75, 3.05) is 6.61 Å². The number of aromatic nitrogens is 3. The number of hydrogen-bond donors (Lipinski definition) is 0. The Balaban J connectivity index is 1.97. The van der Waals surface area contributed by atoms with Crippen LogP contribution in [0.3, 0.4) is 0 Å². The Labute approximate surface area is 187 Å². The summed E-state index contributed by atoms with van der Waals surface area (Å²) in [5.41, 5.74) is 3.22. The summed E-state index contributed by atoms with van der Waals surface area (Å²) in [6.07, 6.45) is 3.54. The first-order valence-electron chi connectivity index (χ1n) is 9.75. The predicted molar refractivity (Wildman–Crippen MR) is 120 cm³/mol. The van der Waals surface area contributed by atoms with Gasteiger partial charge in [-0.15, -0.1) is 0 Å². The third-order valence-electron chi connectivity index (χ3n) is 5.26. The maximum absolute atomic E-state index is 13.5. The van der Waals surface area contributed by atoms with Crippen molar-refractivity contribution in [3.8, 4) is 0 Å². The fourth-order valence-electron chi connectivity index (χ4n) is 3.55. The van der Waals surface area contributed by atoms with Gasteiger partial charge in [-0.1, -0.05) is 35.1 Å². The van der Waals surface area contributed by atoms with E-state index >= 15 is 0 Å². The first-order chi connectivity index (χ1) is 14.8. The van der Waals surface area contributed by atoms with E-state index in [2.05, 4.69) is 10.1 Å². The molecule has 9 heteroatoms. The highest BCUT2D eigenvalue weighted by Gasteiger charge is 2.33. The van der Waals surface area contributed by atoms with Gasteiger partial charge in [0.2, 0.25) is 0 Å². The minimum absolute atomic E-state index is 0.221. The lowest BCUT2D eigenvalue weighted by atomic mass is 9.96. The molecule has 160 valence electrons. The maximum atomic E-state index is 13.5. The van der Waals surface area contributed by atoms with Gasteiger partial charge < -0.3 is 4.74 Å². The highest BCUT2D eigenvalue weighted by molar-refractivity contribution is 7.07. The van der Waals surface area contributed by atoms with Gasteiger partial charge in [0, 0.05) is 23.3 Å².